The highest BCUT2D eigenvalue weighted by Gasteiger charge is 2.45. The van der Waals surface area contributed by atoms with Crippen molar-refractivity contribution < 1.29 is 9.90 Å². The Morgan fingerprint density at radius 3 is 2.92 bits per heavy atom. The van der Waals surface area contributed by atoms with E-state index in [9.17, 15) is 14.7 Å². The van der Waals surface area contributed by atoms with E-state index < -0.39 is 12.0 Å². The van der Waals surface area contributed by atoms with Crippen LogP contribution in [0.1, 0.15) is 37.8 Å². The van der Waals surface area contributed by atoms with Crippen LogP contribution in [0.3, 0.4) is 0 Å². The highest BCUT2D eigenvalue weighted by molar-refractivity contribution is 6.30. The summed E-state index contributed by atoms with van der Waals surface area (Å²) in [5, 5.41) is 10.1. The fourth-order valence-electron chi connectivity index (χ4n) is 4.42. The summed E-state index contributed by atoms with van der Waals surface area (Å²) in [6.45, 7) is 0.395. The molecule has 4 rings (SSSR count). The van der Waals surface area contributed by atoms with Crippen LogP contribution in [-0.2, 0) is 11.3 Å². The standard InChI is InChI=1S/C18H20ClN3O3/c19-12-5-6-16-20-13(8-17(23)22(16)9-12)10-21-14-4-2-1-3-11(14)7-15(21)18(24)25/h5-6,8-9,11,14-15H,1-4,7,10H2,(H,24,25)/t11-,14-,15+/m1/s1. The topological polar surface area (TPSA) is 74.9 Å². The van der Waals surface area contributed by atoms with Crippen LogP contribution in [0.4, 0.5) is 0 Å². The molecule has 0 radical (unpaired) electrons. The van der Waals surface area contributed by atoms with E-state index in [0.29, 0.717) is 35.2 Å². The molecular weight excluding hydrogens is 342 g/mol. The Bertz CT molecular complexity index is 881. The Balaban J connectivity index is 1.68. The van der Waals surface area contributed by atoms with Crippen molar-refractivity contribution in [2.75, 3.05) is 0 Å². The van der Waals surface area contributed by atoms with Gasteiger partial charge in [0.1, 0.15) is 11.7 Å². The molecular formula is C18H20ClN3O3. The van der Waals surface area contributed by atoms with Crippen LogP contribution in [0.2, 0.25) is 5.02 Å². The molecule has 1 aliphatic heterocycles. The van der Waals surface area contributed by atoms with Gasteiger partial charge in [0, 0.05) is 24.8 Å². The summed E-state index contributed by atoms with van der Waals surface area (Å²) in [5.74, 6) is -0.339. The minimum atomic E-state index is -0.779. The van der Waals surface area contributed by atoms with Gasteiger partial charge in [0.25, 0.3) is 5.56 Å². The van der Waals surface area contributed by atoms with E-state index in [1.165, 1.54) is 16.9 Å². The molecule has 6 nitrogen and oxygen atoms in total. The maximum atomic E-state index is 12.4. The molecule has 2 aromatic heterocycles. The number of carboxylic acid groups (broad SMARTS) is 1. The van der Waals surface area contributed by atoms with Crippen molar-refractivity contribution in [2.24, 2.45) is 5.92 Å². The molecule has 1 saturated heterocycles. The third-order valence-corrected chi connectivity index (χ3v) is 5.75. The first kappa shape index (κ1) is 16.5. The molecule has 0 unspecified atom stereocenters. The minimum Gasteiger partial charge on any atom is -0.480 e. The summed E-state index contributed by atoms with van der Waals surface area (Å²) >= 11 is 5.94. The quantitative estimate of drug-likeness (QED) is 0.909. The number of halogens is 1. The molecule has 2 aromatic rings. The summed E-state index contributed by atoms with van der Waals surface area (Å²) in [4.78, 5) is 30.7. The molecule has 0 bridgehead atoms. The molecule has 0 amide bonds. The number of pyridine rings is 1. The van der Waals surface area contributed by atoms with Gasteiger partial charge >= 0.3 is 5.97 Å². The zero-order valence-electron chi connectivity index (χ0n) is 13.8. The molecule has 0 spiro atoms. The summed E-state index contributed by atoms with van der Waals surface area (Å²) in [6.07, 6.45) is 6.67. The van der Waals surface area contributed by atoms with Crippen LogP contribution in [0.25, 0.3) is 5.65 Å². The lowest BCUT2D eigenvalue weighted by Gasteiger charge is -2.32. The third-order valence-electron chi connectivity index (χ3n) is 5.53. The number of hydrogen-bond donors (Lipinski definition) is 1. The second-order valence-electron chi connectivity index (χ2n) is 7.04. The molecule has 132 valence electrons. The van der Waals surface area contributed by atoms with Gasteiger partial charge in [0.2, 0.25) is 0 Å². The van der Waals surface area contributed by atoms with E-state index in [-0.39, 0.29) is 11.6 Å². The van der Waals surface area contributed by atoms with Crippen molar-refractivity contribution in [3.63, 3.8) is 0 Å². The fraction of sp³-hybridized carbons (Fsp3) is 0.500. The average Bonchev–Trinajstić information content (AvgIpc) is 2.95. The largest absolute Gasteiger partial charge is 0.480 e. The Hall–Kier alpha value is -1.92. The first-order valence-electron chi connectivity index (χ1n) is 8.69. The van der Waals surface area contributed by atoms with Crippen LogP contribution in [0.15, 0.2) is 29.2 Å². The number of fused-ring (bicyclic) bond motifs is 2. The van der Waals surface area contributed by atoms with Crippen molar-refractivity contribution >= 4 is 23.2 Å². The molecule has 7 heteroatoms. The minimum absolute atomic E-state index is 0.200. The van der Waals surface area contributed by atoms with Crippen molar-refractivity contribution in [1.82, 2.24) is 14.3 Å². The molecule has 3 atom stereocenters. The molecule has 1 saturated carbocycles. The molecule has 1 aliphatic carbocycles. The molecule has 25 heavy (non-hydrogen) atoms. The number of carbonyl (C=O) groups is 1. The highest BCUT2D eigenvalue weighted by Crippen LogP contribution is 2.40. The van der Waals surface area contributed by atoms with Crippen LogP contribution >= 0.6 is 11.6 Å². The zero-order chi connectivity index (χ0) is 17.6. The number of aromatic nitrogens is 2. The van der Waals surface area contributed by atoms with E-state index in [2.05, 4.69) is 4.98 Å². The number of likely N-dealkylation sites (tertiary alicyclic amines) is 1. The maximum absolute atomic E-state index is 12.4. The van der Waals surface area contributed by atoms with Gasteiger partial charge in [0.05, 0.1) is 10.7 Å². The van der Waals surface area contributed by atoms with Gasteiger partial charge in [-0.1, -0.05) is 24.4 Å². The van der Waals surface area contributed by atoms with Crippen molar-refractivity contribution in [1.29, 1.82) is 0 Å². The van der Waals surface area contributed by atoms with E-state index in [1.807, 2.05) is 4.90 Å². The second kappa shape index (κ2) is 6.42. The predicted molar refractivity (Wildman–Crippen MR) is 93.8 cm³/mol. The average molecular weight is 362 g/mol. The van der Waals surface area contributed by atoms with E-state index in [4.69, 9.17) is 11.6 Å². The summed E-state index contributed by atoms with van der Waals surface area (Å²) < 4.78 is 1.41. The highest BCUT2D eigenvalue weighted by atomic mass is 35.5. The van der Waals surface area contributed by atoms with Crippen molar-refractivity contribution in [3.05, 3.63) is 45.5 Å². The lowest BCUT2D eigenvalue weighted by Crippen LogP contribution is -2.42. The van der Waals surface area contributed by atoms with Gasteiger partial charge in [0.15, 0.2) is 0 Å². The van der Waals surface area contributed by atoms with E-state index in [1.54, 1.807) is 18.3 Å². The number of aliphatic carboxylic acids is 1. The SMILES string of the molecule is O=C(O)[C@@H]1C[C@H]2CCCC[C@H]2N1Cc1cc(=O)n2cc(Cl)ccc2n1. The van der Waals surface area contributed by atoms with E-state index >= 15 is 0 Å². The first-order valence-corrected chi connectivity index (χ1v) is 9.07. The Morgan fingerprint density at radius 2 is 2.12 bits per heavy atom. The monoisotopic (exact) mass is 361 g/mol. The fourth-order valence-corrected chi connectivity index (χ4v) is 4.58. The molecule has 1 N–H and O–H groups in total. The molecule has 2 aliphatic rings. The van der Waals surface area contributed by atoms with Crippen LogP contribution < -0.4 is 5.56 Å². The summed E-state index contributed by atoms with van der Waals surface area (Å²) in [5.41, 5.74) is 0.941. The normalized spacial score (nSPS) is 26.7. The number of hydrogen-bond acceptors (Lipinski definition) is 4. The van der Waals surface area contributed by atoms with Gasteiger partial charge in [-0.05, 0) is 37.3 Å². The van der Waals surface area contributed by atoms with E-state index in [0.717, 1.165) is 19.3 Å². The van der Waals surface area contributed by atoms with Gasteiger partial charge in [-0.2, -0.15) is 0 Å². The van der Waals surface area contributed by atoms with Crippen molar-refractivity contribution in [3.8, 4) is 0 Å². The molecule has 0 aromatic carbocycles. The Kier molecular flexibility index (Phi) is 4.25. The Morgan fingerprint density at radius 1 is 1.32 bits per heavy atom. The Labute approximate surface area is 150 Å². The maximum Gasteiger partial charge on any atom is 0.320 e. The van der Waals surface area contributed by atoms with Crippen LogP contribution in [0.5, 0.6) is 0 Å². The van der Waals surface area contributed by atoms with Gasteiger partial charge in [-0.3, -0.25) is 18.9 Å². The van der Waals surface area contributed by atoms with Crippen LogP contribution in [0, 0.1) is 5.92 Å². The number of rotatable bonds is 3. The molecule has 2 fully saturated rings. The third kappa shape index (κ3) is 3.04. The zero-order valence-corrected chi connectivity index (χ0v) is 14.5. The summed E-state index contributed by atoms with van der Waals surface area (Å²) in [6, 6.07) is 4.67. The van der Waals surface area contributed by atoms with Gasteiger partial charge < -0.3 is 5.11 Å². The van der Waals surface area contributed by atoms with Crippen molar-refractivity contribution in [2.45, 2.75) is 50.7 Å². The van der Waals surface area contributed by atoms with Crippen LogP contribution in [-0.4, -0.2) is 37.4 Å². The first-order chi connectivity index (χ1) is 12.0. The summed E-state index contributed by atoms with van der Waals surface area (Å²) in [7, 11) is 0. The second-order valence-corrected chi connectivity index (χ2v) is 7.47. The number of carboxylic acids is 1. The van der Waals surface area contributed by atoms with Gasteiger partial charge in [-0.25, -0.2) is 4.98 Å². The van der Waals surface area contributed by atoms with Gasteiger partial charge in [-0.15, -0.1) is 0 Å². The lowest BCUT2D eigenvalue weighted by molar-refractivity contribution is -0.142. The molecule has 3 heterocycles. The number of nitrogens with zero attached hydrogens (tertiary/aromatic N) is 3. The predicted octanol–water partition coefficient (Wildman–Crippen LogP) is 2.57. The lowest BCUT2D eigenvalue weighted by atomic mass is 9.85. The smallest absolute Gasteiger partial charge is 0.320 e.